The summed E-state index contributed by atoms with van der Waals surface area (Å²) in [5, 5.41) is 13.3. The van der Waals surface area contributed by atoms with E-state index in [-0.39, 0.29) is 36.4 Å². The molecule has 1 saturated heterocycles. The first-order valence-corrected chi connectivity index (χ1v) is 17.9. The van der Waals surface area contributed by atoms with Gasteiger partial charge in [0, 0.05) is 18.9 Å². The van der Waals surface area contributed by atoms with E-state index in [4.69, 9.17) is 19.9 Å². The van der Waals surface area contributed by atoms with Crippen LogP contribution in [0.4, 0.5) is 9.59 Å². The van der Waals surface area contributed by atoms with Gasteiger partial charge in [-0.25, -0.2) is 14.4 Å². The summed E-state index contributed by atoms with van der Waals surface area (Å²) in [6, 6.07) is 32.8. The molecule has 11 nitrogen and oxygen atoms in total. The maximum Gasteiger partial charge on any atom is 0.508 e. The first-order valence-electron chi connectivity index (χ1n) is 16.1. The number of amides is 2. The third-order valence-electron chi connectivity index (χ3n) is 8.59. The minimum absolute atomic E-state index is 0.0885. The second-order valence-electron chi connectivity index (χ2n) is 11.7. The molecule has 51 heavy (non-hydrogen) atoms. The number of ketones is 1. The topological polar surface area (TPSA) is 163 Å². The number of β-lactam (4-membered cyclic amide) rings is 1. The summed E-state index contributed by atoms with van der Waals surface area (Å²) >= 11 is 0. The molecule has 0 aliphatic carbocycles. The summed E-state index contributed by atoms with van der Waals surface area (Å²) in [4.78, 5) is 66.9. The van der Waals surface area contributed by atoms with Gasteiger partial charge < -0.3 is 30.0 Å². The minimum atomic E-state index is -3.34. The van der Waals surface area contributed by atoms with E-state index in [1.165, 1.54) is 17.9 Å². The second kappa shape index (κ2) is 16.2. The number of carbonyl (C=O) groups excluding carboxylic acids is 4. The first-order chi connectivity index (χ1) is 24.6. The van der Waals surface area contributed by atoms with E-state index >= 15 is 0 Å². The molecular formula is C39H37N2O9P. The van der Waals surface area contributed by atoms with E-state index in [0.29, 0.717) is 21.5 Å². The molecule has 3 atom stereocenters. The van der Waals surface area contributed by atoms with E-state index in [9.17, 15) is 29.1 Å². The Morgan fingerprint density at radius 2 is 1.35 bits per heavy atom. The standard InChI is InChI=1S/C39H37N2O9P/c1-3-23-48-39(47)50-26(2)34-32(24-33(42)28-21-19-27(20-22-28)25-49-38(40)46)41(35(34)43)36(37(44)45)51(29-13-7-4-8-14-29,30-15-9-5-10-16-30)31-17-11-6-12-18-31/h3-22,26,32,34H,1,23-25H2,2H3,(H2,40,46)(H,44,45)/t26-,32-,34-/m1/s1. The fourth-order valence-electron chi connectivity index (χ4n) is 6.37. The third-order valence-corrected chi connectivity index (χ3v) is 12.9. The Morgan fingerprint density at radius 1 is 0.843 bits per heavy atom. The second-order valence-corrected chi connectivity index (χ2v) is 15.0. The molecule has 262 valence electrons. The molecule has 0 unspecified atom stereocenters. The molecular weight excluding hydrogens is 671 g/mol. The molecule has 2 amide bonds. The molecule has 1 heterocycles. The Kier molecular flexibility index (Phi) is 11.5. The number of ether oxygens (including phenoxy) is 3. The van der Waals surface area contributed by atoms with Crippen molar-refractivity contribution in [2.75, 3.05) is 6.61 Å². The number of hydrogen-bond donors (Lipinski definition) is 2. The predicted molar refractivity (Wildman–Crippen MR) is 194 cm³/mol. The lowest BCUT2D eigenvalue weighted by atomic mass is 9.79. The van der Waals surface area contributed by atoms with Crippen LogP contribution in [0.25, 0.3) is 0 Å². The van der Waals surface area contributed by atoms with Crippen molar-refractivity contribution in [2.24, 2.45) is 11.7 Å². The smallest absolute Gasteiger partial charge is 0.477 e. The zero-order valence-electron chi connectivity index (χ0n) is 27.8. The predicted octanol–water partition coefficient (Wildman–Crippen LogP) is 4.62. The number of nitrogens with two attached hydrogens (primary N) is 1. The summed E-state index contributed by atoms with van der Waals surface area (Å²) in [5.41, 5.74) is 5.76. The number of likely N-dealkylation sites (tertiary alicyclic amines) is 1. The quantitative estimate of drug-likeness (QED) is 0.0626. The number of aliphatic carboxylic acids is 1. The van der Waals surface area contributed by atoms with Gasteiger partial charge in [-0.2, -0.15) is 0 Å². The van der Waals surface area contributed by atoms with Crippen LogP contribution in [0.3, 0.4) is 0 Å². The van der Waals surface area contributed by atoms with E-state index in [2.05, 4.69) is 6.58 Å². The average Bonchev–Trinajstić information content (AvgIpc) is 3.14. The van der Waals surface area contributed by atoms with Crippen molar-refractivity contribution < 1.29 is 43.3 Å². The van der Waals surface area contributed by atoms with Gasteiger partial charge >= 0.3 is 18.2 Å². The van der Waals surface area contributed by atoms with Crippen LogP contribution >= 0.6 is 6.89 Å². The Bertz CT molecular complexity index is 1860. The molecule has 0 bridgehead atoms. The number of nitrogens with zero attached hydrogens (tertiary/aromatic N) is 1. The van der Waals surface area contributed by atoms with Gasteiger partial charge in [0.25, 0.3) is 0 Å². The molecule has 1 aliphatic heterocycles. The van der Waals surface area contributed by atoms with Crippen LogP contribution in [0.5, 0.6) is 0 Å². The van der Waals surface area contributed by atoms with Crippen LogP contribution in [-0.4, -0.2) is 64.1 Å². The highest BCUT2D eigenvalue weighted by Gasteiger charge is 2.56. The first kappa shape index (κ1) is 36.4. The Balaban J connectivity index is 1.70. The van der Waals surface area contributed by atoms with Gasteiger partial charge in [-0.05, 0) is 28.4 Å². The largest absolute Gasteiger partial charge is 0.508 e. The van der Waals surface area contributed by atoms with Crippen LogP contribution in [0.1, 0.15) is 29.3 Å². The molecule has 4 aromatic rings. The number of primary amides is 1. The van der Waals surface area contributed by atoms with Crippen LogP contribution in [-0.2, 0) is 30.4 Å². The maximum atomic E-state index is 14.4. The zero-order chi connectivity index (χ0) is 36.5. The Morgan fingerprint density at radius 3 is 1.80 bits per heavy atom. The SMILES string of the molecule is C=CCOC(=O)O[C@H](C)[C@H]1C(=O)N(C(C(=O)O)=P(c2ccccc2)(c2ccccc2)c2ccccc2)[C@@H]1CC(=O)c1ccc(COC(N)=O)cc1. The molecule has 3 N–H and O–H groups in total. The monoisotopic (exact) mass is 708 g/mol. The van der Waals surface area contributed by atoms with Crippen molar-refractivity contribution in [3.05, 3.63) is 139 Å². The highest BCUT2D eigenvalue weighted by Crippen LogP contribution is 2.50. The molecule has 4 aromatic carbocycles. The van der Waals surface area contributed by atoms with E-state index in [1.807, 2.05) is 91.0 Å². The number of rotatable bonds is 14. The van der Waals surface area contributed by atoms with E-state index < -0.39 is 49.1 Å². The molecule has 0 spiro atoms. The van der Waals surface area contributed by atoms with Crippen molar-refractivity contribution in [3.8, 4) is 0 Å². The summed E-state index contributed by atoms with van der Waals surface area (Å²) < 4.78 is 15.3. The van der Waals surface area contributed by atoms with Gasteiger partial charge in [-0.3, -0.25) is 9.59 Å². The summed E-state index contributed by atoms with van der Waals surface area (Å²) in [6.07, 6.45) is -1.98. The van der Waals surface area contributed by atoms with Crippen molar-refractivity contribution in [2.45, 2.75) is 32.1 Å². The van der Waals surface area contributed by atoms with Crippen LogP contribution < -0.4 is 21.6 Å². The molecule has 1 aliphatic rings. The fourth-order valence-corrected chi connectivity index (χ4v) is 10.7. The van der Waals surface area contributed by atoms with Gasteiger partial charge in [-0.1, -0.05) is 128 Å². The molecule has 0 saturated carbocycles. The van der Waals surface area contributed by atoms with Crippen LogP contribution in [0.2, 0.25) is 0 Å². The van der Waals surface area contributed by atoms with Crippen molar-refractivity contribution in [1.82, 2.24) is 4.90 Å². The number of benzene rings is 4. The number of carboxylic acid groups (broad SMARTS) is 1. The molecule has 1 fully saturated rings. The van der Waals surface area contributed by atoms with Gasteiger partial charge in [0.05, 0.1) is 12.0 Å². The summed E-state index contributed by atoms with van der Waals surface area (Å²) in [7, 11) is 0. The van der Waals surface area contributed by atoms with Crippen LogP contribution in [0, 0.1) is 5.92 Å². The molecule has 0 aromatic heterocycles. The van der Waals surface area contributed by atoms with Gasteiger partial charge in [0.2, 0.25) is 5.91 Å². The van der Waals surface area contributed by atoms with E-state index in [0.717, 1.165) is 0 Å². The zero-order valence-corrected chi connectivity index (χ0v) is 28.7. The third kappa shape index (κ3) is 7.64. The highest BCUT2D eigenvalue weighted by molar-refractivity contribution is 7.96. The van der Waals surface area contributed by atoms with Crippen LogP contribution in [0.15, 0.2) is 128 Å². The van der Waals surface area contributed by atoms with Gasteiger partial charge in [0.15, 0.2) is 5.78 Å². The average molecular weight is 709 g/mol. The number of carbonyl (C=O) groups is 5. The minimum Gasteiger partial charge on any atom is -0.477 e. The van der Waals surface area contributed by atoms with Gasteiger partial charge in [0.1, 0.15) is 24.7 Å². The lowest BCUT2D eigenvalue weighted by Gasteiger charge is -2.50. The van der Waals surface area contributed by atoms with Crippen molar-refractivity contribution in [1.29, 1.82) is 0 Å². The Hall–Kier alpha value is -5.93. The summed E-state index contributed by atoms with van der Waals surface area (Å²) in [5.74, 6) is -3.41. The number of Topliss-reactive ketones (excluding diaryl/α,β-unsaturated/α-hetero) is 1. The Labute approximate surface area is 295 Å². The van der Waals surface area contributed by atoms with Crippen molar-refractivity contribution in [3.63, 3.8) is 0 Å². The lowest BCUT2D eigenvalue weighted by molar-refractivity contribution is -0.157. The molecule has 5 rings (SSSR count). The van der Waals surface area contributed by atoms with E-state index in [1.54, 1.807) is 24.3 Å². The molecule has 0 radical (unpaired) electrons. The maximum absolute atomic E-state index is 14.4. The van der Waals surface area contributed by atoms with Gasteiger partial charge in [-0.15, -0.1) is 0 Å². The highest BCUT2D eigenvalue weighted by atomic mass is 31.2. The lowest BCUT2D eigenvalue weighted by Crippen LogP contribution is -2.68. The van der Waals surface area contributed by atoms with Crippen molar-refractivity contribution >= 4 is 58.1 Å². The number of hydrogen-bond acceptors (Lipinski definition) is 8. The molecule has 12 heteroatoms. The fraction of sp³-hybridized carbons (Fsp3) is 0.179. The normalized spacial score (nSPS) is 15.9. The summed E-state index contributed by atoms with van der Waals surface area (Å²) in [6.45, 7) is 1.48. The number of carboxylic acids is 1.